The van der Waals surface area contributed by atoms with E-state index in [0.29, 0.717) is 6.42 Å². The van der Waals surface area contributed by atoms with Gasteiger partial charge in [0.25, 0.3) is 5.91 Å². The maximum Gasteiger partial charge on any atom is 0.267 e. The number of amides is 3. The molecule has 3 amide bonds. The number of carbonyl (C=O) groups is 3. The number of nitrogens with zero attached hydrogens (tertiary/aromatic N) is 2. The monoisotopic (exact) mass is 252 g/mol. The lowest BCUT2D eigenvalue weighted by Gasteiger charge is -2.16. The molecular formula is C11H16N4O3. The highest BCUT2D eigenvalue weighted by Crippen LogP contribution is 2.06. The van der Waals surface area contributed by atoms with E-state index in [4.69, 9.17) is 0 Å². The lowest BCUT2D eigenvalue weighted by molar-refractivity contribution is -0.131. The summed E-state index contributed by atoms with van der Waals surface area (Å²) in [6, 6.07) is 0. The molecule has 0 atom stereocenters. The van der Waals surface area contributed by atoms with E-state index in [-0.39, 0.29) is 36.4 Å². The Balaban J connectivity index is 1.77. The fourth-order valence-electron chi connectivity index (χ4n) is 1.97. The van der Waals surface area contributed by atoms with Gasteiger partial charge in [0.15, 0.2) is 0 Å². The van der Waals surface area contributed by atoms with Crippen molar-refractivity contribution in [2.24, 2.45) is 5.10 Å². The Morgan fingerprint density at radius 1 is 1.28 bits per heavy atom. The average Bonchev–Trinajstić information content (AvgIpc) is 2.90. The van der Waals surface area contributed by atoms with E-state index in [9.17, 15) is 14.4 Å². The average molecular weight is 252 g/mol. The predicted molar refractivity (Wildman–Crippen MR) is 63.6 cm³/mol. The van der Waals surface area contributed by atoms with Crippen LogP contribution in [-0.4, -0.2) is 48.0 Å². The fraction of sp³-hybridized carbons (Fsp3) is 0.636. The summed E-state index contributed by atoms with van der Waals surface area (Å²) < 4.78 is 0. The predicted octanol–water partition coefficient (Wildman–Crippen LogP) is -1.01. The lowest BCUT2D eigenvalue weighted by Crippen LogP contribution is -2.42. The van der Waals surface area contributed by atoms with Crippen molar-refractivity contribution < 1.29 is 14.4 Å². The molecule has 0 radical (unpaired) electrons. The third-order valence-electron chi connectivity index (χ3n) is 3.03. The third kappa shape index (κ3) is 3.06. The Bertz CT molecular complexity index is 399. The molecule has 0 bridgehead atoms. The minimum atomic E-state index is -0.387. The summed E-state index contributed by atoms with van der Waals surface area (Å²) in [4.78, 5) is 35.9. The molecule has 2 aliphatic rings. The number of hydrazone groups is 1. The van der Waals surface area contributed by atoms with Crippen LogP contribution in [0.2, 0.25) is 0 Å². The maximum absolute atomic E-state index is 11.7. The zero-order chi connectivity index (χ0) is 13.0. The number of likely N-dealkylation sites (tertiary alicyclic amines) is 1. The van der Waals surface area contributed by atoms with Gasteiger partial charge < -0.3 is 10.2 Å². The zero-order valence-corrected chi connectivity index (χ0v) is 10.1. The van der Waals surface area contributed by atoms with Gasteiger partial charge in [-0.2, -0.15) is 5.10 Å². The maximum atomic E-state index is 11.7. The molecule has 1 saturated heterocycles. The first-order valence-corrected chi connectivity index (χ1v) is 6.08. The van der Waals surface area contributed by atoms with Crippen molar-refractivity contribution in [3.63, 3.8) is 0 Å². The fourth-order valence-corrected chi connectivity index (χ4v) is 1.97. The highest BCUT2D eigenvalue weighted by atomic mass is 16.2. The van der Waals surface area contributed by atoms with E-state index in [0.717, 1.165) is 25.9 Å². The number of hydrogen-bond acceptors (Lipinski definition) is 4. The molecule has 0 unspecified atom stereocenters. The molecule has 1 fully saturated rings. The van der Waals surface area contributed by atoms with Gasteiger partial charge >= 0.3 is 0 Å². The molecule has 0 saturated carbocycles. The van der Waals surface area contributed by atoms with E-state index < -0.39 is 0 Å². The third-order valence-corrected chi connectivity index (χ3v) is 3.03. The number of nitrogens with one attached hydrogen (secondary N) is 2. The lowest BCUT2D eigenvalue weighted by atomic mass is 10.1. The summed E-state index contributed by atoms with van der Waals surface area (Å²) in [6.07, 6.45) is 2.62. The van der Waals surface area contributed by atoms with E-state index >= 15 is 0 Å². The second-order valence-electron chi connectivity index (χ2n) is 4.36. The molecule has 0 aliphatic carbocycles. The minimum Gasteiger partial charge on any atom is -0.342 e. The summed E-state index contributed by atoms with van der Waals surface area (Å²) in [6.45, 7) is 1.53. The van der Waals surface area contributed by atoms with Crippen LogP contribution in [0.5, 0.6) is 0 Å². The van der Waals surface area contributed by atoms with Gasteiger partial charge in [-0.25, -0.2) is 5.43 Å². The first-order chi connectivity index (χ1) is 8.66. The second-order valence-corrected chi connectivity index (χ2v) is 4.36. The van der Waals surface area contributed by atoms with Crippen LogP contribution in [0.3, 0.4) is 0 Å². The molecule has 0 spiro atoms. The van der Waals surface area contributed by atoms with E-state index in [2.05, 4.69) is 15.8 Å². The van der Waals surface area contributed by atoms with Crippen molar-refractivity contribution in [1.82, 2.24) is 15.6 Å². The van der Waals surface area contributed by atoms with E-state index in [1.54, 1.807) is 4.90 Å². The Morgan fingerprint density at radius 3 is 2.61 bits per heavy atom. The standard InChI is InChI=1S/C11H16N4O3/c16-9-4-3-8(13-14-9)11(18)12-7-10(17)15-5-1-2-6-15/h1-7H2,(H,12,18)(H,14,16). The van der Waals surface area contributed by atoms with Crippen LogP contribution in [0.4, 0.5) is 0 Å². The van der Waals surface area contributed by atoms with Crippen molar-refractivity contribution in [1.29, 1.82) is 0 Å². The Kier molecular flexibility index (Phi) is 3.91. The minimum absolute atomic E-state index is 0.00814. The number of carbonyl (C=O) groups excluding carboxylic acids is 3. The molecule has 18 heavy (non-hydrogen) atoms. The first-order valence-electron chi connectivity index (χ1n) is 6.08. The number of rotatable bonds is 3. The van der Waals surface area contributed by atoms with Crippen LogP contribution in [0.1, 0.15) is 25.7 Å². The van der Waals surface area contributed by atoms with Crippen molar-refractivity contribution in [3.8, 4) is 0 Å². The van der Waals surface area contributed by atoms with Crippen LogP contribution in [0.25, 0.3) is 0 Å². The summed E-state index contributed by atoms with van der Waals surface area (Å²) in [7, 11) is 0. The second kappa shape index (κ2) is 5.61. The highest BCUT2D eigenvalue weighted by Gasteiger charge is 2.21. The van der Waals surface area contributed by atoms with Crippen molar-refractivity contribution in [3.05, 3.63) is 0 Å². The van der Waals surface area contributed by atoms with Gasteiger partial charge in [0.05, 0.1) is 6.54 Å². The molecule has 2 aliphatic heterocycles. The first kappa shape index (κ1) is 12.5. The van der Waals surface area contributed by atoms with Gasteiger partial charge in [0.2, 0.25) is 11.8 Å². The van der Waals surface area contributed by atoms with Gasteiger partial charge in [-0.05, 0) is 12.8 Å². The quantitative estimate of drug-likeness (QED) is 0.674. The van der Waals surface area contributed by atoms with E-state index in [1.165, 1.54) is 0 Å². The molecule has 98 valence electrons. The Labute approximate surface area is 105 Å². The molecule has 2 rings (SSSR count). The van der Waals surface area contributed by atoms with Crippen molar-refractivity contribution >= 4 is 23.4 Å². The van der Waals surface area contributed by atoms with Gasteiger partial charge in [-0.3, -0.25) is 14.4 Å². The molecule has 0 aromatic rings. The molecule has 0 aromatic carbocycles. The SMILES string of the molecule is O=C1CCC(C(=O)NCC(=O)N2CCCC2)=NN1. The topological polar surface area (TPSA) is 90.9 Å². The largest absolute Gasteiger partial charge is 0.342 e. The molecule has 7 nitrogen and oxygen atoms in total. The molecule has 0 aromatic heterocycles. The van der Waals surface area contributed by atoms with Gasteiger partial charge in [-0.15, -0.1) is 0 Å². The van der Waals surface area contributed by atoms with Gasteiger partial charge in [0, 0.05) is 25.9 Å². The van der Waals surface area contributed by atoms with Crippen LogP contribution in [0, 0.1) is 0 Å². The number of hydrogen-bond donors (Lipinski definition) is 2. The molecule has 2 N–H and O–H groups in total. The van der Waals surface area contributed by atoms with Crippen molar-refractivity contribution in [2.45, 2.75) is 25.7 Å². The van der Waals surface area contributed by atoms with Crippen molar-refractivity contribution in [2.75, 3.05) is 19.6 Å². The normalized spacial score (nSPS) is 19.2. The summed E-state index contributed by atoms with van der Waals surface area (Å²) in [5.41, 5.74) is 2.52. The smallest absolute Gasteiger partial charge is 0.267 e. The van der Waals surface area contributed by atoms with Gasteiger partial charge in [-0.1, -0.05) is 0 Å². The molecule has 2 heterocycles. The summed E-state index contributed by atoms with van der Waals surface area (Å²) in [5, 5.41) is 6.20. The van der Waals surface area contributed by atoms with Crippen LogP contribution >= 0.6 is 0 Å². The van der Waals surface area contributed by atoms with E-state index in [1.807, 2.05) is 0 Å². The Hall–Kier alpha value is -1.92. The van der Waals surface area contributed by atoms with Gasteiger partial charge in [0.1, 0.15) is 5.71 Å². The molecular weight excluding hydrogens is 236 g/mol. The Morgan fingerprint density at radius 2 is 2.00 bits per heavy atom. The van der Waals surface area contributed by atoms with Crippen LogP contribution in [0.15, 0.2) is 5.10 Å². The summed E-state index contributed by atoms with van der Waals surface area (Å²) >= 11 is 0. The molecule has 7 heteroatoms. The van der Waals surface area contributed by atoms with Crippen LogP contribution < -0.4 is 10.7 Å². The zero-order valence-electron chi connectivity index (χ0n) is 10.1. The highest BCUT2D eigenvalue weighted by molar-refractivity contribution is 6.39. The van der Waals surface area contributed by atoms with Crippen LogP contribution in [-0.2, 0) is 14.4 Å². The summed E-state index contributed by atoms with van der Waals surface area (Å²) in [5.74, 6) is -0.650.